The highest BCUT2D eigenvalue weighted by atomic mass is 32.1. The van der Waals surface area contributed by atoms with Gasteiger partial charge in [0.05, 0.1) is 32.5 Å². The Labute approximate surface area is 331 Å². The Hall–Kier alpha value is -7.41. The Balaban J connectivity index is 1.14. The minimum Gasteiger partial charge on any atom is -0.309 e. The lowest BCUT2D eigenvalue weighted by Crippen LogP contribution is -2.00. The zero-order valence-electron chi connectivity index (χ0n) is 30.5. The molecule has 8 aromatic carbocycles. The van der Waals surface area contributed by atoms with Gasteiger partial charge in [-0.1, -0.05) is 146 Å². The zero-order chi connectivity index (χ0) is 37.5. The molecule has 4 aromatic heterocycles. The Morgan fingerprint density at radius 2 is 0.895 bits per heavy atom. The lowest BCUT2D eigenvalue weighted by atomic mass is 10.1. The first-order valence-electron chi connectivity index (χ1n) is 19.1. The number of aromatic nitrogens is 5. The van der Waals surface area contributed by atoms with Crippen molar-refractivity contribution in [2.24, 2.45) is 0 Å². The second-order valence-electron chi connectivity index (χ2n) is 14.4. The number of fused-ring (bicyclic) bond motifs is 10. The third-order valence-corrected chi connectivity index (χ3v) is 12.3. The average Bonchev–Trinajstić information content (AvgIpc) is 3.95. The van der Waals surface area contributed by atoms with Crippen LogP contribution in [0.25, 0.3) is 109 Å². The van der Waals surface area contributed by atoms with Gasteiger partial charge >= 0.3 is 0 Å². The smallest absolute Gasteiger partial charge is 0.164 e. The fourth-order valence-electron chi connectivity index (χ4n) is 8.65. The Morgan fingerprint density at radius 3 is 1.54 bits per heavy atom. The molecule has 0 amide bonds. The van der Waals surface area contributed by atoms with Crippen LogP contribution in [-0.4, -0.2) is 24.1 Å². The van der Waals surface area contributed by atoms with E-state index in [2.05, 4.69) is 137 Å². The number of thiophene rings is 1. The zero-order valence-corrected chi connectivity index (χ0v) is 31.4. The Kier molecular flexibility index (Phi) is 7.03. The molecule has 4 heterocycles. The summed E-state index contributed by atoms with van der Waals surface area (Å²) in [5.74, 6) is 1.93. The summed E-state index contributed by atoms with van der Waals surface area (Å²) in [6, 6.07) is 66.6. The first-order valence-corrected chi connectivity index (χ1v) is 19.9. The molecular weight excluding hydrogens is 715 g/mol. The van der Waals surface area contributed by atoms with E-state index < -0.39 is 0 Å². The second-order valence-corrected chi connectivity index (χ2v) is 15.5. The van der Waals surface area contributed by atoms with Crippen molar-refractivity contribution < 1.29 is 0 Å². The molecule has 0 unspecified atom stereocenters. The van der Waals surface area contributed by atoms with Gasteiger partial charge in [0, 0.05) is 59.4 Å². The second kappa shape index (κ2) is 12.6. The van der Waals surface area contributed by atoms with Crippen molar-refractivity contribution in [1.29, 1.82) is 0 Å². The number of hydrogen-bond acceptors (Lipinski definition) is 4. The molecule has 266 valence electrons. The molecule has 0 radical (unpaired) electrons. The van der Waals surface area contributed by atoms with Crippen LogP contribution in [-0.2, 0) is 0 Å². The van der Waals surface area contributed by atoms with Gasteiger partial charge in [-0.25, -0.2) is 15.0 Å². The molecule has 5 nitrogen and oxygen atoms in total. The summed E-state index contributed by atoms with van der Waals surface area (Å²) in [6.07, 6.45) is 0. The average molecular weight is 746 g/mol. The molecule has 12 aromatic rings. The van der Waals surface area contributed by atoms with Crippen LogP contribution >= 0.6 is 11.3 Å². The highest BCUT2D eigenvalue weighted by Gasteiger charge is 2.22. The quantitative estimate of drug-likeness (QED) is 0.176. The molecule has 0 N–H and O–H groups in total. The summed E-state index contributed by atoms with van der Waals surface area (Å²) in [4.78, 5) is 15.1. The molecule has 12 rings (SSSR count). The standard InChI is InChI=1S/C51H31N5S/c1-4-15-32(16-5-1)49-52-50(33-17-6-2-7-18-33)54-51(53-49)34-27-28-38-39-29-30-40-46-43(56-41-23-12-10-21-36(41)37-22-11-13-24-42(37)56)25-14-26-45(46)57-48(40)47(39)55(44(38)31-34)35-19-8-3-9-20-35/h1-31H. The predicted octanol–water partition coefficient (Wildman–Crippen LogP) is 13.4. The van der Waals surface area contributed by atoms with E-state index >= 15 is 0 Å². The maximum absolute atomic E-state index is 5.09. The molecule has 0 atom stereocenters. The Bertz CT molecular complexity index is 3400. The number of nitrogens with zero attached hydrogens (tertiary/aromatic N) is 5. The van der Waals surface area contributed by atoms with Crippen LogP contribution in [0.15, 0.2) is 188 Å². The molecule has 0 aliphatic heterocycles. The van der Waals surface area contributed by atoms with Gasteiger partial charge in [0.25, 0.3) is 0 Å². The Morgan fingerprint density at radius 1 is 0.368 bits per heavy atom. The fraction of sp³-hybridized carbons (Fsp3) is 0. The third kappa shape index (κ3) is 4.91. The van der Waals surface area contributed by atoms with Crippen LogP contribution in [0.4, 0.5) is 0 Å². The summed E-state index contributed by atoms with van der Waals surface area (Å²) < 4.78 is 7.40. The number of benzene rings is 8. The van der Waals surface area contributed by atoms with Crippen molar-refractivity contribution in [1.82, 2.24) is 24.1 Å². The van der Waals surface area contributed by atoms with Crippen molar-refractivity contribution in [3.05, 3.63) is 188 Å². The molecular formula is C51H31N5S. The molecule has 0 fully saturated rings. The van der Waals surface area contributed by atoms with Gasteiger partial charge in [0.1, 0.15) is 0 Å². The topological polar surface area (TPSA) is 48.5 Å². The van der Waals surface area contributed by atoms with Crippen molar-refractivity contribution in [2.45, 2.75) is 0 Å². The summed E-state index contributed by atoms with van der Waals surface area (Å²) in [5.41, 5.74) is 9.85. The van der Waals surface area contributed by atoms with E-state index in [4.69, 9.17) is 15.0 Å². The van der Waals surface area contributed by atoms with E-state index in [1.165, 1.54) is 64.0 Å². The van der Waals surface area contributed by atoms with Crippen LogP contribution in [0.5, 0.6) is 0 Å². The maximum atomic E-state index is 5.09. The van der Waals surface area contributed by atoms with E-state index in [1.807, 2.05) is 72.0 Å². The van der Waals surface area contributed by atoms with Gasteiger partial charge in [0.15, 0.2) is 17.5 Å². The van der Waals surface area contributed by atoms with Crippen molar-refractivity contribution in [3.63, 3.8) is 0 Å². The van der Waals surface area contributed by atoms with E-state index in [0.717, 1.165) is 27.9 Å². The van der Waals surface area contributed by atoms with Crippen molar-refractivity contribution in [2.75, 3.05) is 0 Å². The fourth-order valence-corrected chi connectivity index (χ4v) is 9.91. The number of rotatable bonds is 5. The normalized spacial score (nSPS) is 11.9. The van der Waals surface area contributed by atoms with Crippen LogP contribution in [0.2, 0.25) is 0 Å². The van der Waals surface area contributed by atoms with Crippen molar-refractivity contribution >= 4 is 75.1 Å². The molecule has 57 heavy (non-hydrogen) atoms. The minimum absolute atomic E-state index is 0.636. The number of para-hydroxylation sites is 3. The van der Waals surface area contributed by atoms with Crippen LogP contribution < -0.4 is 0 Å². The van der Waals surface area contributed by atoms with Gasteiger partial charge in [-0.3, -0.25) is 0 Å². The van der Waals surface area contributed by atoms with Gasteiger partial charge in [-0.05, 0) is 42.5 Å². The molecule has 0 aliphatic carbocycles. The van der Waals surface area contributed by atoms with Crippen molar-refractivity contribution in [3.8, 4) is 45.5 Å². The van der Waals surface area contributed by atoms with Crippen LogP contribution in [0.1, 0.15) is 0 Å². The van der Waals surface area contributed by atoms with Gasteiger partial charge < -0.3 is 9.13 Å². The maximum Gasteiger partial charge on any atom is 0.164 e. The van der Waals surface area contributed by atoms with Gasteiger partial charge in [0.2, 0.25) is 0 Å². The largest absolute Gasteiger partial charge is 0.309 e. The van der Waals surface area contributed by atoms with Crippen LogP contribution in [0, 0.1) is 0 Å². The molecule has 6 heteroatoms. The molecule has 0 saturated carbocycles. The first-order chi connectivity index (χ1) is 28.3. The summed E-state index contributed by atoms with van der Waals surface area (Å²) in [5, 5.41) is 7.43. The first kappa shape index (κ1) is 31.9. The van der Waals surface area contributed by atoms with E-state index in [9.17, 15) is 0 Å². The van der Waals surface area contributed by atoms with E-state index in [1.54, 1.807) is 0 Å². The lowest BCUT2D eigenvalue weighted by Gasteiger charge is -2.11. The molecule has 0 saturated heterocycles. The summed E-state index contributed by atoms with van der Waals surface area (Å²) in [7, 11) is 0. The lowest BCUT2D eigenvalue weighted by molar-refractivity contribution is 1.07. The van der Waals surface area contributed by atoms with Gasteiger partial charge in [-0.15, -0.1) is 11.3 Å². The highest BCUT2D eigenvalue weighted by molar-refractivity contribution is 7.26. The SMILES string of the molecule is c1ccc(-c2nc(-c3ccccc3)nc(-c3ccc4c5ccc6c(sc7cccc(-n8c9ccccc9c9ccccc98)c76)c5n(-c5ccccc5)c4c3)n2)cc1. The third-order valence-electron chi connectivity index (χ3n) is 11.2. The van der Waals surface area contributed by atoms with E-state index in [0.29, 0.717) is 17.5 Å². The summed E-state index contributed by atoms with van der Waals surface area (Å²) >= 11 is 1.87. The molecule has 0 aliphatic rings. The minimum atomic E-state index is 0.636. The van der Waals surface area contributed by atoms with Crippen LogP contribution in [0.3, 0.4) is 0 Å². The monoisotopic (exact) mass is 745 g/mol. The highest BCUT2D eigenvalue weighted by Crippen LogP contribution is 2.46. The molecule has 0 spiro atoms. The predicted molar refractivity (Wildman–Crippen MR) is 238 cm³/mol. The number of hydrogen-bond donors (Lipinski definition) is 0. The van der Waals surface area contributed by atoms with E-state index in [-0.39, 0.29) is 0 Å². The summed E-state index contributed by atoms with van der Waals surface area (Å²) in [6.45, 7) is 0. The van der Waals surface area contributed by atoms with Gasteiger partial charge in [-0.2, -0.15) is 0 Å². The molecule has 0 bridgehead atoms.